The van der Waals surface area contributed by atoms with Gasteiger partial charge in [-0.2, -0.15) is 0 Å². The van der Waals surface area contributed by atoms with E-state index in [2.05, 4.69) is 5.32 Å². The van der Waals surface area contributed by atoms with Gasteiger partial charge in [-0.1, -0.05) is 91.2 Å². The Morgan fingerprint density at radius 3 is 2.06 bits per heavy atom. The zero-order valence-electron chi connectivity index (χ0n) is 27.7. The molecule has 4 aromatic carbocycles. The SMILES string of the molecule is COc1ccc(N(CC(=O)N(Cc2ccc(C)cc2)[C@@H](Cc2ccccc2)C(=O)NC2CCCC2)S(=O)(=O)c2ccccc2)cc1OC. The molecule has 0 bridgehead atoms. The molecule has 252 valence electrons. The molecule has 0 aliphatic heterocycles. The Hall–Kier alpha value is -4.83. The molecule has 0 unspecified atom stereocenters. The molecule has 4 aromatic rings. The second-order valence-electron chi connectivity index (χ2n) is 12.1. The number of benzene rings is 4. The number of sulfonamides is 1. The number of aryl methyl sites for hydroxylation is 1. The third kappa shape index (κ3) is 8.36. The van der Waals surface area contributed by atoms with Gasteiger partial charge < -0.3 is 19.7 Å². The Bertz CT molecular complexity index is 1780. The van der Waals surface area contributed by atoms with Gasteiger partial charge in [0.05, 0.1) is 24.8 Å². The van der Waals surface area contributed by atoms with E-state index in [9.17, 15) is 18.0 Å². The monoisotopic (exact) mass is 669 g/mol. The van der Waals surface area contributed by atoms with Gasteiger partial charge in [0.15, 0.2) is 11.5 Å². The van der Waals surface area contributed by atoms with E-state index < -0.39 is 28.5 Å². The molecule has 0 saturated heterocycles. The summed E-state index contributed by atoms with van der Waals surface area (Å²) in [6.45, 7) is 1.54. The van der Waals surface area contributed by atoms with Gasteiger partial charge in [-0.05, 0) is 55.2 Å². The molecule has 0 heterocycles. The highest BCUT2D eigenvalue weighted by molar-refractivity contribution is 7.92. The first-order valence-electron chi connectivity index (χ1n) is 16.2. The average molecular weight is 670 g/mol. The predicted octanol–water partition coefficient (Wildman–Crippen LogP) is 5.91. The maximum atomic E-state index is 14.7. The molecular formula is C38H43N3O6S. The minimum absolute atomic E-state index is 0.0254. The van der Waals surface area contributed by atoms with E-state index in [0.29, 0.717) is 11.5 Å². The molecule has 1 aliphatic carbocycles. The van der Waals surface area contributed by atoms with Crippen molar-refractivity contribution in [3.05, 3.63) is 120 Å². The van der Waals surface area contributed by atoms with Crippen LogP contribution in [0.3, 0.4) is 0 Å². The lowest BCUT2D eigenvalue weighted by Gasteiger charge is -2.34. The number of carbonyl (C=O) groups excluding carboxylic acids is 2. The number of amides is 2. The van der Waals surface area contributed by atoms with E-state index in [1.807, 2.05) is 61.5 Å². The van der Waals surface area contributed by atoms with Crippen LogP contribution in [0.25, 0.3) is 0 Å². The second-order valence-corrected chi connectivity index (χ2v) is 13.9. The van der Waals surface area contributed by atoms with Crippen LogP contribution in [0, 0.1) is 6.92 Å². The lowest BCUT2D eigenvalue weighted by atomic mass is 10.0. The summed E-state index contributed by atoms with van der Waals surface area (Å²) in [6, 6.07) is 29.2. The largest absolute Gasteiger partial charge is 0.493 e. The smallest absolute Gasteiger partial charge is 0.264 e. The van der Waals surface area contributed by atoms with Crippen LogP contribution in [0.4, 0.5) is 5.69 Å². The second kappa shape index (κ2) is 15.8. The quantitative estimate of drug-likeness (QED) is 0.179. The molecule has 10 heteroatoms. The summed E-state index contributed by atoms with van der Waals surface area (Å²) < 4.78 is 40.5. The minimum atomic E-state index is -4.24. The van der Waals surface area contributed by atoms with Crippen LogP contribution < -0.4 is 19.1 Å². The molecule has 48 heavy (non-hydrogen) atoms. The molecule has 0 radical (unpaired) electrons. The molecule has 1 N–H and O–H groups in total. The summed E-state index contributed by atoms with van der Waals surface area (Å²) in [6.07, 6.45) is 4.12. The molecule has 0 aromatic heterocycles. The Balaban J connectivity index is 1.58. The fourth-order valence-electron chi connectivity index (χ4n) is 6.04. The summed E-state index contributed by atoms with van der Waals surface area (Å²) in [4.78, 5) is 30.4. The van der Waals surface area contributed by atoms with Crippen molar-refractivity contribution in [2.75, 3.05) is 25.1 Å². The van der Waals surface area contributed by atoms with Crippen LogP contribution in [0.15, 0.2) is 108 Å². The Morgan fingerprint density at radius 2 is 1.44 bits per heavy atom. The number of ether oxygens (including phenoxy) is 2. The highest BCUT2D eigenvalue weighted by Crippen LogP contribution is 2.34. The van der Waals surface area contributed by atoms with Crippen molar-refractivity contribution in [2.45, 2.75) is 62.6 Å². The van der Waals surface area contributed by atoms with Gasteiger partial charge in [0.1, 0.15) is 12.6 Å². The molecular weight excluding hydrogens is 627 g/mol. The fourth-order valence-corrected chi connectivity index (χ4v) is 7.47. The van der Waals surface area contributed by atoms with Crippen LogP contribution in [-0.2, 0) is 32.6 Å². The van der Waals surface area contributed by atoms with Crippen molar-refractivity contribution < 1.29 is 27.5 Å². The topological polar surface area (TPSA) is 105 Å². The summed E-state index contributed by atoms with van der Waals surface area (Å²) in [5, 5.41) is 3.20. The molecule has 1 aliphatic rings. The molecule has 1 fully saturated rings. The van der Waals surface area contributed by atoms with Crippen LogP contribution in [0.2, 0.25) is 0 Å². The number of anilines is 1. The van der Waals surface area contributed by atoms with Crippen molar-refractivity contribution in [1.82, 2.24) is 10.2 Å². The van der Waals surface area contributed by atoms with Crippen LogP contribution >= 0.6 is 0 Å². The normalized spacial score (nSPS) is 13.8. The van der Waals surface area contributed by atoms with E-state index in [1.54, 1.807) is 30.3 Å². The maximum Gasteiger partial charge on any atom is 0.264 e. The van der Waals surface area contributed by atoms with Crippen molar-refractivity contribution in [3.63, 3.8) is 0 Å². The summed E-state index contributed by atoms with van der Waals surface area (Å²) in [5.41, 5.74) is 2.99. The van der Waals surface area contributed by atoms with Gasteiger partial charge in [-0.15, -0.1) is 0 Å². The van der Waals surface area contributed by atoms with Gasteiger partial charge >= 0.3 is 0 Å². The van der Waals surface area contributed by atoms with Gasteiger partial charge in [0.25, 0.3) is 10.0 Å². The molecule has 2 amide bonds. The minimum Gasteiger partial charge on any atom is -0.493 e. The van der Waals surface area contributed by atoms with Gasteiger partial charge in [0.2, 0.25) is 11.8 Å². The van der Waals surface area contributed by atoms with Crippen LogP contribution in [0.1, 0.15) is 42.4 Å². The number of carbonyl (C=O) groups is 2. The average Bonchev–Trinajstić information content (AvgIpc) is 3.63. The van der Waals surface area contributed by atoms with E-state index in [4.69, 9.17) is 9.47 Å². The first kappa shape index (κ1) is 34.5. The standard InChI is InChI=1S/C38H43N3O6S/c1-28-18-20-30(21-19-28)26-40(34(24-29-12-6-4-7-13-29)38(43)39-31-14-10-11-15-31)37(42)27-41(48(44,45)33-16-8-5-9-17-33)32-22-23-35(46-2)36(25-32)47-3/h4-9,12-13,16-23,25,31,34H,10-11,14-15,24,26-27H2,1-3H3,(H,39,43)/t34-/m0/s1. The maximum absolute atomic E-state index is 14.7. The third-order valence-corrected chi connectivity index (χ3v) is 10.5. The van der Waals surface area contributed by atoms with E-state index in [-0.39, 0.29) is 35.5 Å². The van der Waals surface area contributed by atoms with Crippen molar-refractivity contribution in [3.8, 4) is 11.5 Å². The number of nitrogens with one attached hydrogen (secondary N) is 1. The first-order chi connectivity index (χ1) is 23.2. The summed E-state index contributed by atoms with van der Waals surface area (Å²) in [5.74, 6) is -0.0515. The van der Waals surface area contributed by atoms with Crippen molar-refractivity contribution >= 4 is 27.5 Å². The molecule has 9 nitrogen and oxygen atoms in total. The third-order valence-electron chi connectivity index (χ3n) is 8.71. The van der Waals surface area contributed by atoms with Crippen molar-refractivity contribution in [1.29, 1.82) is 0 Å². The number of rotatable bonds is 14. The molecule has 5 rings (SSSR count). The highest BCUT2D eigenvalue weighted by Gasteiger charge is 2.35. The lowest BCUT2D eigenvalue weighted by Crippen LogP contribution is -2.54. The van der Waals surface area contributed by atoms with Gasteiger partial charge in [-0.3, -0.25) is 13.9 Å². The van der Waals surface area contributed by atoms with E-state index in [0.717, 1.165) is 46.7 Å². The number of methoxy groups -OCH3 is 2. The molecule has 0 spiro atoms. The van der Waals surface area contributed by atoms with Gasteiger partial charge in [0, 0.05) is 25.1 Å². The first-order valence-corrected chi connectivity index (χ1v) is 17.6. The fraction of sp³-hybridized carbons (Fsp3) is 0.316. The highest BCUT2D eigenvalue weighted by atomic mass is 32.2. The van der Waals surface area contributed by atoms with Crippen LogP contribution in [-0.4, -0.2) is 58.0 Å². The van der Waals surface area contributed by atoms with E-state index >= 15 is 0 Å². The predicted molar refractivity (Wildman–Crippen MR) is 187 cm³/mol. The number of hydrogen-bond donors (Lipinski definition) is 1. The van der Waals surface area contributed by atoms with E-state index in [1.165, 1.54) is 37.3 Å². The number of nitrogens with zero attached hydrogens (tertiary/aromatic N) is 2. The lowest BCUT2D eigenvalue weighted by molar-refractivity contribution is -0.140. The Kier molecular flexibility index (Phi) is 11.4. The van der Waals surface area contributed by atoms with Crippen LogP contribution in [0.5, 0.6) is 11.5 Å². The summed E-state index contributed by atoms with van der Waals surface area (Å²) >= 11 is 0. The Morgan fingerprint density at radius 1 is 0.812 bits per heavy atom. The molecule has 1 atom stereocenters. The zero-order chi connectivity index (χ0) is 34.1. The molecule has 1 saturated carbocycles. The Labute approximate surface area is 283 Å². The van der Waals surface area contributed by atoms with Crippen molar-refractivity contribution in [2.24, 2.45) is 0 Å². The summed E-state index contributed by atoms with van der Waals surface area (Å²) in [7, 11) is -1.29. The zero-order valence-corrected chi connectivity index (χ0v) is 28.5. The van der Waals surface area contributed by atoms with Gasteiger partial charge in [-0.25, -0.2) is 8.42 Å². The number of hydrogen-bond acceptors (Lipinski definition) is 6.